The molecule has 16 heteroatoms. The zero-order chi connectivity index (χ0) is 43.2. The molecule has 60 heavy (non-hydrogen) atoms. The normalized spacial score (nSPS) is 14.0. The third-order valence-corrected chi connectivity index (χ3v) is 9.80. The number of ketones is 2. The molecule has 2 saturated heterocycles. The van der Waals surface area contributed by atoms with Crippen LogP contribution in [0.15, 0.2) is 97.1 Å². The molecule has 2 aliphatic rings. The third kappa shape index (κ3) is 12.7. The van der Waals surface area contributed by atoms with E-state index >= 15 is 0 Å². The highest BCUT2D eigenvalue weighted by Crippen LogP contribution is 2.23. The van der Waals surface area contributed by atoms with Crippen LogP contribution in [-0.2, 0) is 27.4 Å². The number of urea groups is 2. The van der Waals surface area contributed by atoms with E-state index in [0.717, 1.165) is 27.9 Å². The van der Waals surface area contributed by atoms with Crippen molar-refractivity contribution < 1.29 is 46.6 Å². The van der Waals surface area contributed by atoms with Crippen molar-refractivity contribution in [2.45, 2.75) is 33.1 Å². The van der Waals surface area contributed by atoms with Gasteiger partial charge in [-0.05, 0) is 49.2 Å². The van der Waals surface area contributed by atoms with Crippen molar-refractivity contribution in [3.63, 3.8) is 0 Å². The topological polar surface area (TPSA) is 155 Å². The number of halogens is 3. The first-order valence-electron chi connectivity index (χ1n) is 19.4. The summed E-state index contributed by atoms with van der Waals surface area (Å²) in [5.74, 6) is -2.91. The molecule has 4 aromatic rings. The van der Waals surface area contributed by atoms with Crippen LogP contribution in [0.1, 0.15) is 43.0 Å². The second-order valence-electron chi connectivity index (χ2n) is 14.2. The number of ether oxygens (including phenoxy) is 2. The summed E-state index contributed by atoms with van der Waals surface area (Å²) >= 11 is 0. The highest BCUT2D eigenvalue weighted by atomic mass is 19.4. The van der Waals surface area contributed by atoms with Gasteiger partial charge in [-0.2, -0.15) is 13.2 Å². The van der Waals surface area contributed by atoms with Crippen LogP contribution in [0.5, 0.6) is 0 Å². The van der Waals surface area contributed by atoms with Gasteiger partial charge < -0.3 is 30.3 Å². The van der Waals surface area contributed by atoms with E-state index in [4.69, 9.17) is 15.2 Å². The van der Waals surface area contributed by atoms with Crippen molar-refractivity contribution in [3.05, 3.63) is 130 Å². The number of Topliss-reactive ketones (excluding diaryl/α,β-unsaturated/α-hetero) is 2. The van der Waals surface area contributed by atoms with Gasteiger partial charge in [-0.3, -0.25) is 24.2 Å². The SMILES string of the molecule is Cc1ccc(N(Cc2ccc(C(=O)CN)cc2)C(=O)N2CCOCC2)cc1.Cc1ccc(N(Cc2ccc(C(=O)CNC(=O)C(F)(F)F)cc2)C(=O)N2CCOCC2)cc1. The highest BCUT2D eigenvalue weighted by molar-refractivity contribution is 6.00. The molecule has 2 fully saturated rings. The summed E-state index contributed by atoms with van der Waals surface area (Å²) in [5, 5.41) is 1.56. The van der Waals surface area contributed by atoms with Gasteiger partial charge in [0.1, 0.15) is 0 Å². The number of hydrogen-bond donors (Lipinski definition) is 2. The van der Waals surface area contributed by atoms with Gasteiger partial charge in [-0.1, -0.05) is 83.9 Å². The van der Waals surface area contributed by atoms with E-state index in [1.54, 1.807) is 44.3 Å². The number of aryl methyl sites for hydroxylation is 2. The first-order chi connectivity index (χ1) is 28.7. The second-order valence-corrected chi connectivity index (χ2v) is 14.2. The van der Waals surface area contributed by atoms with E-state index in [0.29, 0.717) is 70.4 Å². The summed E-state index contributed by atoms with van der Waals surface area (Å²) in [7, 11) is 0. The predicted molar refractivity (Wildman–Crippen MR) is 220 cm³/mol. The monoisotopic (exact) mass is 830 g/mol. The highest BCUT2D eigenvalue weighted by Gasteiger charge is 2.38. The lowest BCUT2D eigenvalue weighted by Gasteiger charge is -2.33. The van der Waals surface area contributed by atoms with E-state index in [1.807, 2.05) is 79.4 Å². The standard InChI is InChI=1S/C23H24F3N3O4.C21H25N3O3/c1-16-2-8-19(9-3-16)29(22(32)28-10-12-33-13-11-28)15-17-4-6-18(7-5-17)20(30)14-27-21(31)23(24,25)26;1-16-2-8-19(9-3-16)24(21(26)23-10-12-27-13-11-23)15-17-4-6-18(7-5-17)20(25)14-22/h2-9H,10-15H2,1H3,(H,27,31);2-9H,10-15,22H2,1H3. The number of carbonyl (C=O) groups excluding carboxylic acids is 5. The molecule has 0 bridgehead atoms. The van der Waals surface area contributed by atoms with Crippen LogP contribution >= 0.6 is 0 Å². The number of carbonyl (C=O) groups is 5. The summed E-state index contributed by atoms with van der Waals surface area (Å²) in [6.07, 6.45) is -5.05. The Labute approximate surface area is 346 Å². The fourth-order valence-corrected chi connectivity index (χ4v) is 6.28. The Morgan fingerprint density at radius 2 is 0.967 bits per heavy atom. The van der Waals surface area contributed by atoms with Gasteiger partial charge in [0.15, 0.2) is 11.6 Å². The quantitative estimate of drug-likeness (QED) is 0.177. The predicted octanol–water partition coefficient (Wildman–Crippen LogP) is 5.91. The molecule has 0 aliphatic carbocycles. The average molecular weight is 831 g/mol. The molecule has 0 saturated carbocycles. The van der Waals surface area contributed by atoms with Gasteiger partial charge in [-0.15, -0.1) is 0 Å². The summed E-state index contributed by atoms with van der Waals surface area (Å²) in [5.41, 5.74) is 11.6. The zero-order valence-electron chi connectivity index (χ0n) is 33.6. The van der Waals surface area contributed by atoms with Gasteiger partial charge in [0.05, 0.1) is 52.6 Å². The maximum absolute atomic E-state index is 13.2. The number of nitrogens with zero attached hydrogens (tertiary/aromatic N) is 4. The van der Waals surface area contributed by atoms with Crippen molar-refractivity contribution in [2.75, 3.05) is 75.5 Å². The number of rotatable bonds is 11. The molecule has 2 aliphatic heterocycles. The largest absolute Gasteiger partial charge is 0.471 e. The van der Waals surface area contributed by atoms with Crippen molar-refractivity contribution in [1.29, 1.82) is 0 Å². The molecule has 0 atom stereocenters. The van der Waals surface area contributed by atoms with Crippen LogP contribution in [0.25, 0.3) is 0 Å². The Morgan fingerprint density at radius 3 is 1.32 bits per heavy atom. The van der Waals surface area contributed by atoms with E-state index in [-0.39, 0.29) is 36.5 Å². The lowest BCUT2D eigenvalue weighted by Crippen LogP contribution is -2.48. The average Bonchev–Trinajstić information content (AvgIpc) is 3.27. The fraction of sp³-hybridized carbons (Fsp3) is 0.341. The van der Waals surface area contributed by atoms with Crippen molar-refractivity contribution in [1.82, 2.24) is 15.1 Å². The summed E-state index contributed by atoms with van der Waals surface area (Å²) in [6, 6.07) is 28.7. The summed E-state index contributed by atoms with van der Waals surface area (Å²) < 4.78 is 47.5. The molecule has 3 N–H and O–H groups in total. The Morgan fingerprint density at radius 1 is 0.600 bits per heavy atom. The Kier molecular flexibility index (Phi) is 15.9. The summed E-state index contributed by atoms with van der Waals surface area (Å²) in [4.78, 5) is 68.0. The zero-order valence-corrected chi connectivity index (χ0v) is 33.6. The first kappa shape index (κ1) is 45.0. The van der Waals surface area contributed by atoms with E-state index in [2.05, 4.69) is 0 Å². The number of amides is 5. The number of hydrogen-bond acceptors (Lipinski definition) is 8. The second kappa shape index (κ2) is 21.2. The third-order valence-electron chi connectivity index (χ3n) is 9.80. The molecular weight excluding hydrogens is 782 g/mol. The van der Waals surface area contributed by atoms with Crippen LogP contribution in [0.2, 0.25) is 0 Å². The van der Waals surface area contributed by atoms with Crippen LogP contribution in [0.4, 0.5) is 34.1 Å². The smallest absolute Gasteiger partial charge is 0.378 e. The minimum atomic E-state index is -5.05. The molecule has 4 aromatic carbocycles. The van der Waals surface area contributed by atoms with E-state index in [1.165, 1.54) is 12.1 Å². The van der Waals surface area contributed by atoms with Crippen LogP contribution in [0, 0.1) is 13.8 Å². The van der Waals surface area contributed by atoms with Crippen LogP contribution < -0.4 is 20.9 Å². The Bertz CT molecular complexity index is 2070. The molecular formula is C44H49F3N6O7. The number of nitrogens with two attached hydrogens (primary N) is 1. The minimum absolute atomic E-state index is 0.00957. The number of nitrogens with one attached hydrogen (secondary N) is 1. The maximum Gasteiger partial charge on any atom is 0.471 e. The van der Waals surface area contributed by atoms with Gasteiger partial charge in [0.2, 0.25) is 0 Å². The minimum Gasteiger partial charge on any atom is -0.378 e. The van der Waals surface area contributed by atoms with E-state index in [9.17, 15) is 37.1 Å². The van der Waals surface area contributed by atoms with Crippen LogP contribution in [-0.4, -0.2) is 111 Å². The first-order valence-corrected chi connectivity index (χ1v) is 19.4. The van der Waals surface area contributed by atoms with Crippen molar-refractivity contribution in [2.24, 2.45) is 5.73 Å². The van der Waals surface area contributed by atoms with Gasteiger partial charge in [0.25, 0.3) is 0 Å². The Balaban J connectivity index is 0.000000232. The molecule has 0 unspecified atom stereocenters. The van der Waals surface area contributed by atoms with Gasteiger partial charge in [-0.25, -0.2) is 9.59 Å². The number of morpholine rings is 2. The maximum atomic E-state index is 13.2. The molecule has 5 amide bonds. The van der Waals surface area contributed by atoms with Gasteiger partial charge in [0, 0.05) is 48.7 Å². The number of anilines is 2. The molecule has 318 valence electrons. The number of alkyl halides is 3. The lowest BCUT2D eigenvalue weighted by atomic mass is 10.1. The molecule has 0 aromatic heterocycles. The van der Waals surface area contributed by atoms with Crippen molar-refractivity contribution >= 4 is 40.9 Å². The lowest BCUT2D eigenvalue weighted by molar-refractivity contribution is -0.173. The molecule has 0 radical (unpaired) electrons. The van der Waals surface area contributed by atoms with Crippen LogP contribution in [0.3, 0.4) is 0 Å². The van der Waals surface area contributed by atoms with Crippen molar-refractivity contribution in [3.8, 4) is 0 Å². The Hall–Kier alpha value is -6.10. The fourth-order valence-electron chi connectivity index (χ4n) is 6.28. The molecule has 13 nitrogen and oxygen atoms in total. The molecule has 6 rings (SSSR count). The summed E-state index contributed by atoms with van der Waals surface area (Å²) in [6.45, 7) is 8.06. The molecule has 0 spiro atoms. The van der Waals surface area contributed by atoms with Gasteiger partial charge >= 0.3 is 24.1 Å². The molecule has 2 heterocycles. The number of benzene rings is 4. The van der Waals surface area contributed by atoms with E-state index < -0.39 is 24.4 Å².